The largest absolute Gasteiger partial charge is 0.0622 e. The predicted molar refractivity (Wildman–Crippen MR) is 169 cm³/mol. The molecular formula is C39H32. The quantitative estimate of drug-likeness (QED) is 0.211. The summed E-state index contributed by atoms with van der Waals surface area (Å²) in [6, 6.07) is 54.1. The zero-order chi connectivity index (χ0) is 26.4. The van der Waals surface area contributed by atoms with Gasteiger partial charge in [0.05, 0.1) is 0 Å². The molecule has 0 aliphatic rings. The molecule has 7 aromatic rings. The van der Waals surface area contributed by atoms with Crippen molar-refractivity contribution in [1.29, 1.82) is 0 Å². The standard InChI is InChI=1S/C21H16.C18H16/c1-15-17-11-5-7-13-19(17)21(16-9-3-2-4-10-16)20-14-8-6-12-18(15)20;1-2-6-15(7-3-1)10-11-16-12-13-17-8-4-5-9-18(17)14-16/h2-14H,1H3;1-9,12-14H,10-11H2. The lowest BCUT2D eigenvalue weighted by Crippen LogP contribution is -1.90. The van der Waals surface area contributed by atoms with Crippen molar-refractivity contribution in [3.8, 4) is 11.1 Å². The molecule has 0 saturated carbocycles. The summed E-state index contributed by atoms with van der Waals surface area (Å²) in [6.45, 7) is 2.22. The van der Waals surface area contributed by atoms with Gasteiger partial charge < -0.3 is 0 Å². The first-order valence-corrected chi connectivity index (χ1v) is 13.7. The molecule has 0 aromatic heterocycles. The van der Waals surface area contributed by atoms with E-state index in [1.165, 1.54) is 60.1 Å². The minimum absolute atomic E-state index is 1.11. The second kappa shape index (κ2) is 11.4. The van der Waals surface area contributed by atoms with E-state index >= 15 is 0 Å². The number of aryl methyl sites for hydroxylation is 3. The van der Waals surface area contributed by atoms with Gasteiger partial charge in [0.25, 0.3) is 0 Å². The Morgan fingerprint density at radius 3 is 1.51 bits per heavy atom. The van der Waals surface area contributed by atoms with Crippen molar-refractivity contribution in [2.75, 3.05) is 0 Å². The second-order valence-corrected chi connectivity index (χ2v) is 10.1. The van der Waals surface area contributed by atoms with Crippen LogP contribution >= 0.6 is 0 Å². The molecular weight excluding hydrogens is 468 g/mol. The molecule has 0 fully saturated rings. The normalized spacial score (nSPS) is 10.9. The highest BCUT2D eigenvalue weighted by molar-refractivity contribution is 6.14. The molecule has 39 heavy (non-hydrogen) atoms. The van der Waals surface area contributed by atoms with Gasteiger partial charge in [-0.15, -0.1) is 0 Å². The molecule has 0 heterocycles. The number of hydrogen-bond acceptors (Lipinski definition) is 0. The smallest absolute Gasteiger partial charge is 0.00266 e. The number of rotatable bonds is 4. The molecule has 0 atom stereocenters. The molecule has 7 rings (SSSR count). The van der Waals surface area contributed by atoms with Crippen LogP contribution in [0, 0.1) is 6.92 Å². The molecule has 0 aliphatic carbocycles. The van der Waals surface area contributed by atoms with Crippen molar-refractivity contribution >= 4 is 32.3 Å². The van der Waals surface area contributed by atoms with Crippen molar-refractivity contribution in [2.45, 2.75) is 19.8 Å². The monoisotopic (exact) mass is 500 g/mol. The maximum atomic E-state index is 2.30. The van der Waals surface area contributed by atoms with Crippen LogP contribution in [0.15, 0.2) is 152 Å². The van der Waals surface area contributed by atoms with Crippen LogP contribution in [0.5, 0.6) is 0 Å². The van der Waals surface area contributed by atoms with Crippen LogP contribution in [0.25, 0.3) is 43.4 Å². The first-order valence-electron chi connectivity index (χ1n) is 13.7. The third-order valence-electron chi connectivity index (χ3n) is 7.62. The Labute approximate surface area is 231 Å². The highest BCUT2D eigenvalue weighted by atomic mass is 14.1. The van der Waals surface area contributed by atoms with E-state index in [1.807, 2.05) is 0 Å². The van der Waals surface area contributed by atoms with Gasteiger partial charge in [0.2, 0.25) is 0 Å². The fraction of sp³-hybridized carbons (Fsp3) is 0.0769. The lowest BCUT2D eigenvalue weighted by atomic mass is 9.89. The van der Waals surface area contributed by atoms with Gasteiger partial charge in [-0.2, -0.15) is 0 Å². The summed E-state index contributed by atoms with van der Waals surface area (Å²) in [5.74, 6) is 0. The lowest BCUT2D eigenvalue weighted by molar-refractivity contribution is 0.962. The fourth-order valence-electron chi connectivity index (χ4n) is 5.59. The molecule has 0 amide bonds. The summed E-state index contributed by atoms with van der Waals surface area (Å²) >= 11 is 0. The van der Waals surface area contributed by atoms with Gasteiger partial charge in [0.15, 0.2) is 0 Å². The van der Waals surface area contributed by atoms with Gasteiger partial charge in [0, 0.05) is 0 Å². The first-order chi connectivity index (χ1) is 19.3. The van der Waals surface area contributed by atoms with Gasteiger partial charge in [0.1, 0.15) is 0 Å². The van der Waals surface area contributed by atoms with Crippen molar-refractivity contribution in [3.63, 3.8) is 0 Å². The zero-order valence-corrected chi connectivity index (χ0v) is 22.3. The Balaban J connectivity index is 0.000000144. The highest BCUT2D eigenvalue weighted by Gasteiger charge is 2.12. The van der Waals surface area contributed by atoms with Gasteiger partial charge in [-0.1, -0.05) is 152 Å². The van der Waals surface area contributed by atoms with Crippen molar-refractivity contribution in [1.82, 2.24) is 0 Å². The molecule has 0 spiro atoms. The van der Waals surface area contributed by atoms with Crippen LogP contribution in [0.4, 0.5) is 0 Å². The maximum absolute atomic E-state index is 2.30. The number of hydrogen-bond donors (Lipinski definition) is 0. The second-order valence-electron chi connectivity index (χ2n) is 10.1. The lowest BCUT2D eigenvalue weighted by Gasteiger charge is -2.15. The zero-order valence-electron chi connectivity index (χ0n) is 22.3. The average molecular weight is 501 g/mol. The van der Waals surface area contributed by atoms with Gasteiger partial charge >= 0.3 is 0 Å². The topological polar surface area (TPSA) is 0 Å². The molecule has 0 radical (unpaired) electrons. The van der Waals surface area contributed by atoms with Crippen LogP contribution in [-0.2, 0) is 12.8 Å². The summed E-state index contributed by atoms with van der Waals surface area (Å²) < 4.78 is 0. The van der Waals surface area contributed by atoms with Gasteiger partial charge in [-0.05, 0) is 79.9 Å². The van der Waals surface area contributed by atoms with E-state index in [9.17, 15) is 0 Å². The molecule has 0 unspecified atom stereocenters. The molecule has 0 N–H and O–H groups in total. The van der Waals surface area contributed by atoms with E-state index in [-0.39, 0.29) is 0 Å². The van der Waals surface area contributed by atoms with E-state index in [1.54, 1.807) is 0 Å². The summed E-state index contributed by atoms with van der Waals surface area (Å²) in [4.78, 5) is 0. The van der Waals surface area contributed by atoms with Gasteiger partial charge in [-0.25, -0.2) is 0 Å². The van der Waals surface area contributed by atoms with Crippen molar-refractivity contribution in [3.05, 3.63) is 168 Å². The Hall–Kier alpha value is -4.68. The van der Waals surface area contributed by atoms with Crippen molar-refractivity contribution in [2.24, 2.45) is 0 Å². The number of fused-ring (bicyclic) bond motifs is 3. The minimum Gasteiger partial charge on any atom is -0.0622 e. The predicted octanol–water partition coefficient (Wildman–Crippen LogP) is 10.6. The third kappa shape index (κ3) is 5.33. The van der Waals surface area contributed by atoms with Crippen LogP contribution in [0.2, 0.25) is 0 Å². The van der Waals surface area contributed by atoms with Crippen molar-refractivity contribution < 1.29 is 0 Å². The molecule has 188 valence electrons. The van der Waals surface area contributed by atoms with Crippen LogP contribution in [-0.4, -0.2) is 0 Å². The molecule has 0 aliphatic heterocycles. The Morgan fingerprint density at radius 1 is 0.385 bits per heavy atom. The molecule has 0 nitrogen and oxygen atoms in total. The molecule has 0 heteroatoms. The van der Waals surface area contributed by atoms with Crippen LogP contribution in [0.3, 0.4) is 0 Å². The first kappa shape index (κ1) is 24.6. The maximum Gasteiger partial charge on any atom is -0.00266 e. The summed E-state index contributed by atoms with van der Waals surface area (Å²) in [7, 11) is 0. The van der Waals surface area contributed by atoms with Crippen LogP contribution in [0.1, 0.15) is 16.7 Å². The highest BCUT2D eigenvalue weighted by Crippen LogP contribution is 2.38. The summed E-state index contributed by atoms with van der Waals surface area (Å²) in [5, 5.41) is 8.01. The van der Waals surface area contributed by atoms with Crippen LogP contribution < -0.4 is 0 Å². The Morgan fingerprint density at radius 2 is 0.872 bits per heavy atom. The Bertz CT molecular complexity index is 1790. The SMILES string of the molecule is Cc1c2ccccc2c(-c2ccccc2)c2ccccc12.c1ccc(CCc2ccc3ccccc3c2)cc1. The number of benzene rings is 7. The summed E-state index contributed by atoms with van der Waals surface area (Å²) in [5.41, 5.74) is 6.81. The molecule has 0 bridgehead atoms. The molecule has 0 saturated heterocycles. The van der Waals surface area contributed by atoms with Gasteiger partial charge in [-0.3, -0.25) is 0 Å². The van der Waals surface area contributed by atoms with E-state index in [0.717, 1.165) is 12.8 Å². The van der Waals surface area contributed by atoms with E-state index in [0.29, 0.717) is 0 Å². The Kier molecular flexibility index (Phi) is 7.19. The van der Waals surface area contributed by atoms with E-state index < -0.39 is 0 Å². The average Bonchev–Trinajstić information content (AvgIpc) is 3.01. The van der Waals surface area contributed by atoms with E-state index in [4.69, 9.17) is 0 Å². The third-order valence-corrected chi connectivity index (χ3v) is 7.62. The fourth-order valence-corrected chi connectivity index (χ4v) is 5.59. The van der Waals surface area contributed by atoms with E-state index in [2.05, 4.69) is 159 Å². The minimum atomic E-state index is 1.11. The summed E-state index contributed by atoms with van der Waals surface area (Å²) in [6.07, 6.45) is 2.22. The molecule has 7 aromatic carbocycles.